The molecule has 0 aromatic carbocycles. The Morgan fingerprint density at radius 2 is 2.08 bits per heavy atom. The van der Waals surface area contributed by atoms with Gasteiger partial charge in [-0.2, -0.15) is 0 Å². The van der Waals surface area contributed by atoms with Crippen molar-refractivity contribution in [3.63, 3.8) is 0 Å². The van der Waals surface area contributed by atoms with Gasteiger partial charge in [-0.15, -0.1) is 0 Å². The fraction of sp³-hybridized carbons (Fsp3) is 0.750. The molecule has 2 aliphatic carbocycles. The molecule has 0 bridgehead atoms. The molecular formula is C28H39F2N3O3. The van der Waals surface area contributed by atoms with E-state index in [0.717, 1.165) is 43.6 Å². The number of alkyl halides is 2. The average Bonchev–Trinajstić information content (AvgIpc) is 3.39. The van der Waals surface area contributed by atoms with Crippen molar-refractivity contribution in [3.05, 3.63) is 35.1 Å². The number of ether oxygens (including phenoxy) is 1. The molecule has 0 radical (unpaired) electrons. The van der Waals surface area contributed by atoms with Crippen molar-refractivity contribution in [2.75, 3.05) is 19.7 Å². The largest absolute Gasteiger partial charge is 0.392 e. The second-order valence-electron chi connectivity index (χ2n) is 11.8. The minimum absolute atomic E-state index is 0.0196. The number of aliphatic hydroxyl groups is 1. The highest BCUT2D eigenvalue weighted by Crippen LogP contribution is 2.44. The third kappa shape index (κ3) is 4.54. The van der Waals surface area contributed by atoms with E-state index in [9.17, 15) is 13.9 Å². The van der Waals surface area contributed by atoms with Gasteiger partial charge in [-0.1, -0.05) is 17.3 Å². The number of fused-ring (bicyclic) bond motifs is 2. The maximum absolute atomic E-state index is 13.8. The van der Waals surface area contributed by atoms with Crippen molar-refractivity contribution in [1.82, 2.24) is 10.2 Å². The molecule has 0 spiro atoms. The highest BCUT2D eigenvalue weighted by atomic mass is 19.3. The van der Waals surface area contributed by atoms with Gasteiger partial charge in [0.05, 0.1) is 18.2 Å². The number of oxime groups is 1. The van der Waals surface area contributed by atoms with Crippen LogP contribution in [-0.4, -0.2) is 65.8 Å². The summed E-state index contributed by atoms with van der Waals surface area (Å²) in [5.74, 6) is -1.15. The Bertz CT molecular complexity index is 983. The maximum atomic E-state index is 13.8. The Labute approximate surface area is 212 Å². The normalized spacial score (nSPS) is 40.8. The molecule has 4 heterocycles. The van der Waals surface area contributed by atoms with Crippen LogP contribution in [-0.2, 0) is 9.57 Å². The molecule has 6 nitrogen and oxygen atoms in total. The number of halogens is 2. The van der Waals surface area contributed by atoms with E-state index in [0.29, 0.717) is 49.3 Å². The molecule has 2 N–H and O–H groups in total. The Hall–Kier alpha value is -1.77. The monoisotopic (exact) mass is 503 g/mol. The quantitative estimate of drug-likeness (QED) is 0.596. The number of nitrogens with one attached hydrogen (secondary N) is 1. The fourth-order valence-corrected chi connectivity index (χ4v) is 7.64. The third-order valence-electron chi connectivity index (χ3n) is 9.57. The highest BCUT2D eigenvalue weighted by molar-refractivity contribution is 5.88. The van der Waals surface area contributed by atoms with Crippen molar-refractivity contribution < 1.29 is 23.5 Å². The molecule has 4 aliphatic heterocycles. The van der Waals surface area contributed by atoms with Crippen molar-refractivity contribution >= 4 is 5.71 Å². The van der Waals surface area contributed by atoms with E-state index in [4.69, 9.17) is 9.57 Å². The first-order valence-electron chi connectivity index (χ1n) is 13.8. The fourth-order valence-electron chi connectivity index (χ4n) is 7.64. The van der Waals surface area contributed by atoms with E-state index in [1.165, 1.54) is 11.1 Å². The summed E-state index contributed by atoms with van der Waals surface area (Å²) in [5.41, 5.74) is 4.53. The van der Waals surface area contributed by atoms with E-state index in [1.54, 1.807) is 0 Å². The molecule has 7 atom stereocenters. The van der Waals surface area contributed by atoms with Gasteiger partial charge in [0, 0.05) is 43.6 Å². The number of hydrogen-bond donors (Lipinski definition) is 2. The number of nitrogens with zero attached hydrogens (tertiary/aromatic N) is 2. The van der Waals surface area contributed by atoms with Gasteiger partial charge in [-0.05, 0) is 81.1 Å². The maximum Gasteiger partial charge on any atom is 0.248 e. The van der Waals surface area contributed by atoms with Crippen LogP contribution in [0.5, 0.6) is 0 Å². The van der Waals surface area contributed by atoms with Crippen LogP contribution in [0.1, 0.15) is 58.8 Å². The number of likely N-dealkylation sites (tertiary alicyclic amines) is 1. The second kappa shape index (κ2) is 9.52. The average molecular weight is 504 g/mol. The molecule has 198 valence electrons. The van der Waals surface area contributed by atoms with Crippen LogP contribution in [0.25, 0.3) is 0 Å². The summed E-state index contributed by atoms with van der Waals surface area (Å²) in [6.07, 6.45) is 9.96. The summed E-state index contributed by atoms with van der Waals surface area (Å²) >= 11 is 0. The topological polar surface area (TPSA) is 66.3 Å². The molecule has 0 aromatic rings. The smallest absolute Gasteiger partial charge is 0.248 e. The number of allylic oxidation sites excluding steroid dienone is 2. The molecular weight excluding hydrogens is 464 g/mol. The van der Waals surface area contributed by atoms with Gasteiger partial charge >= 0.3 is 0 Å². The zero-order valence-corrected chi connectivity index (χ0v) is 21.3. The molecule has 6 aliphatic rings. The van der Waals surface area contributed by atoms with Crippen molar-refractivity contribution in [2.24, 2.45) is 28.8 Å². The predicted molar refractivity (Wildman–Crippen MR) is 133 cm³/mol. The highest BCUT2D eigenvalue weighted by Gasteiger charge is 2.49. The van der Waals surface area contributed by atoms with E-state index in [1.807, 2.05) is 6.92 Å². The minimum atomic E-state index is -2.49. The summed E-state index contributed by atoms with van der Waals surface area (Å²) in [6, 6.07) is 0.650. The lowest BCUT2D eigenvalue weighted by atomic mass is 9.75. The Kier molecular flexibility index (Phi) is 6.49. The molecule has 0 aromatic heterocycles. The van der Waals surface area contributed by atoms with Gasteiger partial charge in [0.15, 0.2) is 6.29 Å². The summed E-state index contributed by atoms with van der Waals surface area (Å²) in [7, 11) is 0. The first-order chi connectivity index (χ1) is 17.3. The summed E-state index contributed by atoms with van der Waals surface area (Å²) in [4.78, 5) is 8.18. The summed E-state index contributed by atoms with van der Waals surface area (Å²) in [6.45, 7) is 6.54. The van der Waals surface area contributed by atoms with E-state index in [2.05, 4.69) is 40.6 Å². The van der Waals surface area contributed by atoms with Crippen molar-refractivity contribution in [1.29, 1.82) is 0 Å². The predicted octanol–water partition coefficient (Wildman–Crippen LogP) is 4.38. The van der Waals surface area contributed by atoms with Gasteiger partial charge in [0.2, 0.25) is 5.92 Å². The zero-order chi connectivity index (χ0) is 25.0. The lowest BCUT2D eigenvalue weighted by molar-refractivity contribution is -0.0802. The molecule has 2 saturated heterocycles. The molecule has 36 heavy (non-hydrogen) atoms. The minimum Gasteiger partial charge on any atom is -0.392 e. The van der Waals surface area contributed by atoms with Crippen LogP contribution in [0, 0.1) is 23.7 Å². The van der Waals surface area contributed by atoms with Gasteiger partial charge in [-0.3, -0.25) is 4.90 Å². The first-order valence-corrected chi connectivity index (χ1v) is 13.8. The summed E-state index contributed by atoms with van der Waals surface area (Å²) < 4.78 is 33.1. The Balaban J connectivity index is 1.23. The SMILES string of the molecule is CC1=NOC(C)[C@@H]1C1=CNC2C(C1)N(CC1CCC(F)(F)CC1)C[C@H]2[C@H]1C=C2CCO[C@@H](O)C2=CC1. The van der Waals surface area contributed by atoms with Crippen molar-refractivity contribution in [2.45, 2.75) is 89.2 Å². The lowest BCUT2D eigenvalue weighted by Crippen LogP contribution is -2.49. The van der Waals surface area contributed by atoms with Gasteiger partial charge < -0.3 is 20.0 Å². The Morgan fingerprint density at radius 1 is 1.28 bits per heavy atom. The van der Waals surface area contributed by atoms with E-state index in [-0.39, 0.29) is 24.9 Å². The number of rotatable bonds is 4. The molecule has 0 amide bonds. The molecule has 3 unspecified atom stereocenters. The summed E-state index contributed by atoms with van der Waals surface area (Å²) in [5, 5.41) is 18.3. The first kappa shape index (κ1) is 24.6. The van der Waals surface area contributed by atoms with Crippen LogP contribution in [0.15, 0.2) is 40.2 Å². The lowest BCUT2D eigenvalue weighted by Gasteiger charge is -2.38. The molecule has 1 saturated carbocycles. The van der Waals surface area contributed by atoms with Crippen LogP contribution in [0.3, 0.4) is 0 Å². The molecule has 8 heteroatoms. The van der Waals surface area contributed by atoms with E-state index >= 15 is 0 Å². The van der Waals surface area contributed by atoms with E-state index < -0.39 is 12.2 Å². The molecule has 6 rings (SSSR count). The zero-order valence-electron chi connectivity index (χ0n) is 21.3. The van der Waals surface area contributed by atoms with Gasteiger partial charge in [-0.25, -0.2) is 8.78 Å². The van der Waals surface area contributed by atoms with Crippen molar-refractivity contribution in [3.8, 4) is 0 Å². The Morgan fingerprint density at radius 3 is 2.83 bits per heavy atom. The standard InChI is InChI=1S/C28H39F2N3O3/c1-16-25(17(2)36-32-16)21-12-24-26(31-13-21)23(15-33(24)14-18-5-8-28(29,30)9-6-18)19-3-4-22-20(11-19)7-10-35-27(22)34/h4,11,13,17-19,23-27,31,34H,3,5-10,12,14-15H2,1-2H3/t17?,19-,23+,24?,25-,26?,27-/m1/s1. The number of aliphatic hydroxyl groups excluding tert-OH is 1. The van der Waals surface area contributed by atoms with Crippen LogP contribution < -0.4 is 5.32 Å². The number of hydrogen-bond acceptors (Lipinski definition) is 6. The van der Waals surface area contributed by atoms with Crippen LogP contribution in [0.2, 0.25) is 0 Å². The van der Waals surface area contributed by atoms with Gasteiger partial charge in [0.25, 0.3) is 0 Å². The van der Waals surface area contributed by atoms with Crippen LogP contribution in [0.4, 0.5) is 8.78 Å². The molecule has 3 fully saturated rings. The van der Waals surface area contributed by atoms with Crippen LogP contribution >= 0.6 is 0 Å². The third-order valence-corrected chi connectivity index (χ3v) is 9.57. The van der Waals surface area contributed by atoms with Gasteiger partial charge in [0.1, 0.15) is 6.10 Å². The second-order valence-corrected chi connectivity index (χ2v) is 11.8.